The molecule has 2 aromatic carbocycles. The van der Waals surface area contributed by atoms with Crippen molar-refractivity contribution in [1.82, 2.24) is 9.97 Å². The third kappa shape index (κ3) is 5.27. The third-order valence-electron chi connectivity index (χ3n) is 3.60. The van der Waals surface area contributed by atoms with Gasteiger partial charge in [-0.2, -0.15) is 0 Å². The molecule has 0 spiro atoms. The summed E-state index contributed by atoms with van der Waals surface area (Å²) in [5.74, 6) is 0.706. The number of rotatable bonds is 8. The first-order valence-corrected chi connectivity index (χ1v) is 8.19. The van der Waals surface area contributed by atoms with Crippen LogP contribution in [0, 0.1) is 11.6 Å². The zero-order valence-electron chi connectivity index (χ0n) is 14.6. The van der Waals surface area contributed by atoms with Crippen molar-refractivity contribution in [3.8, 4) is 11.5 Å². The summed E-state index contributed by atoms with van der Waals surface area (Å²) in [7, 11) is 1.61. The molecule has 0 atom stereocenters. The molecule has 0 aliphatic carbocycles. The van der Waals surface area contributed by atoms with Gasteiger partial charge >= 0.3 is 0 Å². The Kier molecular flexibility index (Phi) is 5.98. The number of ether oxygens (including phenoxy) is 2. The van der Waals surface area contributed by atoms with Gasteiger partial charge in [0.2, 0.25) is 0 Å². The molecule has 0 saturated carbocycles. The van der Waals surface area contributed by atoms with Gasteiger partial charge < -0.3 is 20.1 Å². The molecule has 0 saturated heterocycles. The highest BCUT2D eigenvalue weighted by molar-refractivity contribution is 5.58. The van der Waals surface area contributed by atoms with E-state index in [1.807, 2.05) is 24.3 Å². The van der Waals surface area contributed by atoms with Gasteiger partial charge in [-0.05, 0) is 36.4 Å². The van der Waals surface area contributed by atoms with E-state index in [1.165, 1.54) is 12.4 Å². The number of aromatic nitrogens is 2. The van der Waals surface area contributed by atoms with Crippen LogP contribution in [-0.2, 0) is 0 Å². The Bertz CT molecular complexity index is 891. The molecule has 0 aliphatic heterocycles. The van der Waals surface area contributed by atoms with Crippen LogP contribution in [0.15, 0.2) is 54.9 Å². The maximum absolute atomic E-state index is 13.3. The van der Waals surface area contributed by atoms with Crippen molar-refractivity contribution in [2.45, 2.75) is 0 Å². The summed E-state index contributed by atoms with van der Waals surface area (Å²) in [5, 5.41) is 6.01. The van der Waals surface area contributed by atoms with Crippen molar-refractivity contribution in [2.75, 3.05) is 30.9 Å². The molecule has 1 aromatic heterocycles. The van der Waals surface area contributed by atoms with E-state index in [0.717, 1.165) is 23.6 Å². The third-order valence-corrected chi connectivity index (χ3v) is 3.60. The van der Waals surface area contributed by atoms with Crippen molar-refractivity contribution in [2.24, 2.45) is 0 Å². The highest BCUT2D eigenvalue weighted by Gasteiger charge is 2.04. The smallest absolute Gasteiger partial charge is 0.160 e. The van der Waals surface area contributed by atoms with Crippen LogP contribution in [0.2, 0.25) is 0 Å². The van der Waals surface area contributed by atoms with Crippen molar-refractivity contribution in [3.05, 3.63) is 66.5 Å². The molecule has 0 aliphatic rings. The topological polar surface area (TPSA) is 68.3 Å². The number of methoxy groups -OCH3 is 1. The van der Waals surface area contributed by atoms with Gasteiger partial charge in [0, 0.05) is 17.8 Å². The van der Waals surface area contributed by atoms with Crippen LogP contribution in [-0.4, -0.2) is 30.2 Å². The molecule has 1 heterocycles. The van der Waals surface area contributed by atoms with E-state index in [-0.39, 0.29) is 0 Å². The number of nitrogens with one attached hydrogen (secondary N) is 2. The van der Waals surface area contributed by atoms with Crippen LogP contribution in [0.4, 0.5) is 26.1 Å². The van der Waals surface area contributed by atoms with Crippen LogP contribution in [0.1, 0.15) is 0 Å². The molecule has 0 radical (unpaired) electrons. The van der Waals surface area contributed by atoms with E-state index in [1.54, 1.807) is 13.2 Å². The maximum Gasteiger partial charge on any atom is 0.160 e. The fourth-order valence-corrected chi connectivity index (χ4v) is 2.26. The molecule has 27 heavy (non-hydrogen) atoms. The Morgan fingerprint density at radius 1 is 0.889 bits per heavy atom. The molecule has 6 nitrogen and oxygen atoms in total. The average Bonchev–Trinajstić information content (AvgIpc) is 2.69. The largest absolute Gasteiger partial charge is 0.497 e. The summed E-state index contributed by atoms with van der Waals surface area (Å²) < 4.78 is 37.0. The van der Waals surface area contributed by atoms with Gasteiger partial charge in [-0.25, -0.2) is 18.7 Å². The highest BCUT2D eigenvalue weighted by atomic mass is 19.2. The second kappa shape index (κ2) is 8.79. The van der Waals surface area contributed by atoms with Crippen LogP contribution in [0.5, 0.6) is 11.5 Å². The number of nitrogens with zero attached hydrogens (tertiary/aromatic N) is 2. The van der Waals surface area contributed by atoms with E-state index in [2.05, 4.69) is 20.6 Å². The lowest BCUT2D eigenvalue weighted by Crippen LogP contribution is -2.12. The van der Waals surface area contributed by atoms with Crippen LogP contribution < -0.4 is 20.1 Å². The SMILES string of the molecule is COc1ccc(OCCNc2cc(Nc3ccc(F)c(F)c3)ncn2)cc1. The maximum atomic E-state index is 13.3. The Morgan fingerprint density at radius 3 is 2.37 bits per heavy atom. The number of benzene rings is 2. The van der Waals surface area contributed by atoms with Gasteiger partial charge in [-0.1, -0.05) is 0 Å². The predicted molar refractivity (Wildman–Crippen MR) is 98.7 cm³/mol. The lowest BCUT2D eigenvalue weighted by molar-refractivity contribution is 0.331. The molecular formula is C19H18F2N4O2. The standard InChI is InChI=1S/C19H18F2N4O2/c1-26-14-3-5-15(6-4-14)27-9-8-22-18-11-19(24-12-23-18)25-13-2-7-16(20)17(21)10-13/h2-7,10-12H,8-9H2,1H3,(H2,22,23,24,25). The van der Waals surface area contributed by atoms with Gasteiger partial charge in [-0.15, -0.1) is 0 Å². The highest BCUT2D eigenvalue weighted by Crippen LogP contribution is 2.19. The minimum Gasteiger partial charge on any atom is -0.497 e. The van der Waals surface area contributed by atoms with Crippen molar-refractivity contribution in [3.63, 3.8) is 0 Å². The molecule has 3 rings (SSSR count). The van der Waals surface area contributed by atoms with E-state index in [4.69, 9.17) is 9.47 Å². The number of hydrogen-bond acceptors (Lipinski definition) is 6. The summed E-state index contributed by atoms with van der Waals surface area (Å²) >= 11 is 0. The first-order valence-electron chi connectivity index (χ1n) is 8.19. The number of halogens is 2. The van der Waals surface area contributed by atoms with E-state index >= 15 is 0 Å². The predicted octanol–water partition coefficient (Wildman–Crippen LogP) is 4.00. The molecule has 2 N–H and O–H groups in total. The summed E-state index contributed by atoms with van der Waals surface area (Å²) in [6.45, 7) is 0.954. The van der Waals surface area contributed by atoms with Gasteiger partial charge in [0.15, 0.2) is 11.6 Å². The van der Waals surface area contributed by atoms with Gasteiger partial charge in [0.25, 0.3) is 0 Å². The minimum absolute atomic E-state index is 0.390. The lowest BCUT2D eigenvalue weighted by atomic mass is 10.3. The van der Waals surface area contributed by atoms with Gasteiger partial charge in [-0.3, -0.25) is 0 Å². The van der Waals surface area contributed by atoms with E-state index in [9.17, 15) is 8.78 Å². The van der Waals surface area contributed by atoms with Crippen molar-refractivity contribution in [1.29, 1.82) is 0 Å². The van der Waals surface area contributed by atoms with Crippen molar-refractivity contribution < 1.29 is 18.3 Å². The second-order valence-electron chi connectivity index (χ2n) is 5.49. The summed E-state index contributed by atoms with van der Waals surface area (Å²) in [6, 6.07) is 12.5. The zero-order chi connectivity index (χ0) is 19.1. The zero-order valence-corrected chi connectivity index (χ0v) is 14.6. The quantitative estimate of drug-likeness (QED) is 0.583. The van der Waals surface area contributed by atoms with Gasteiger partial charge in [0.05, 0.1) is 13.7 Å². The molecule has 3 aromatic rings. The summed E-state index contributed by atoms with van der Waals surface area (Å²) in [4.78, 5) is 8.17. The fraction of sp³-hybridized carbons (Fsp3) is 0.158. The molecule has 0 amide bonds. The molecule has 0 bridgehead atoms. The van der Waals surface area contributed by atoms with Crippen LogP contribution in [0.25, 0.3) is 0 Å². The Hall–Kier alpha value is -3.42. The van der Waals surface area contributed by atoms with Crippen LogP contribution >= 0.6 is 0 Å². The Labute approximate surface area is 155 Å². The first-order chi connectivity index (χ1) is 13.1. The molecule has 0 fully saturated rings. The molecular weight excluding hydrogens is 354 g/mol. The fourth-order valence-electron chi connectivity index (χ4n) is 2.26. The average molecular weight is 372 g/mol. The minimum atomic E-state index is -0.928. The summed E-state index contributed by atoms with van der Waals surface area (Å²) in [5.41, 5.74) is 0.390. The van der Waals surface area contributed by atoms with Crippen molar-refractivity contribution >= 4 is 17.3 Å². The normalized spacial score (nSPS) is 10.3. The van der Waals surface area contributed by atoms with Gasteiger partial charge in [0.1, 0.15) is 36.1 Å². The first kappa shape index (κ1) is 18.4. The van der Waals surface area contributed by atoms with Crippen LogP contribution in [0.3, 0.4) is 0 Å². The number of anilines is 3. The second-order valence-corrected chi connectivity index (χ2v) is 5.49. The van der Waals surface area contributed by atoms with E-state index in [0.29, 0.717) is 30.5 Å². The molecule has 8 heteroatoms. The van der Waals surface area contributed by atoms with E-state index < -0.39 is 11.6 Å². The number of hydrogen-bond donors (Lipinski definition) is 2. The monoisotopic (exact) mass is 372 g/mol. The summed E-state index contributed by atoms with van der Waals surface area (Å²) in [6.07, 6.45) is 1.37. The lowest BCUT2D eigenvalue weighted by Gasteiger charge is -2.10. The molecule has 0 unspecified atom stereocenters. The Morgan fingerprint density at radius 2 is 1.63 bits per heavy atom. The Balaban J connectivity index is 1.50. The molecule has 140 valence electrons.